The van der Waals surface area contributed by atoms with Crippen molar-refractivity contribution >= 4 is 34.5 Å². The molecule has 0 spiro atoms. The van der Waals surface area contributed by atoms with Gasteiger partial charge in [0, 0.05) is 21.0 Å². The number of aryl methyl sites for hydroxylation is 1. The zero-order chi connectivity index (χ0) is 13.8. The molecule has 1 atom stereocenters. The summed E-state index contributed by atoms with van der Waals surface area (Å²) in [4.78, 5) is 1.36. The number of nitrogens with one attached hydrogen (secondary N) is 1. The van der Waals surface area contributed by atoms with E-state index in [1.807, 2.05) is 18.2 Å². The maximum Gasteiger partial charge on any atom is 0.0453 e. The van der Waals surface area contributed by atoms with Gasteiger partial charge in [-0.1, -0.05) is 36.2 Å². The van der Waals surface area contributed by atoms with Crippen molar-refractivity contribution in [3.63, 3.8) is 0 Å². The Bertz CT molecular complexity index is 551. The van der Waals surface area contributed by atoms with Crippen LogP contribution >= 0.6 is 34.5 Å². The van der Waals surface area contributed by atoms with Gasteiger partial charge in [0.25, 0.3) is 0 Å². The fourth-order valence-electron chi connectivity index (χ4n) is 2.20. The first-order chi connectivity index (χ1) is 9.11. The Morgan fingerprint density at radius 3 is 2.63 bits per heavy atom. The molecule has 1 unspecified atom stereocenters. The fraction of sp³-hybridized carbons (Fsp3) is 0.333. The third-order valence-electron chi connectivity index (χ3n) is 3.16. The van der Waals surface area contributed by atoms with Crippen LogP contribution in [-0.2, 0) is 6.42 Å². The SMILES string of the molecule is CCNC(Cc1ccc(Cl)cc1Cl)c1ccsc1C. The molecular weight excluding hydrogens is 297 g/mol. The minimum atomic E-state index is 0.301. The molecule has 0 saturated heterocycles. The highest BCUT2D eigenvalue weighted by Gasteiger charge is 2.15. The zero-order valence-corrected chi connectivity index (χ0v) is 13.4. The van der Waals surface area contributed by atoms with E-state index >= 15 is 0 Å². The van der Waals surface area contributed by atoms with E-state index in [0.29, 0.717) is 11.1 Å². The molecule has 1 heterocycles. The van der Waals surface area contributed by atoms with E-state index in [4.69, 9.17) is 23.2 Å². The van der Waals surface area contributed by atoms with Gasteiger partial charge >= 0.3 is 0 Å². The second-order valence-electron chi connectivity index (χ2n) is 4.48. The standard InChI is InChI=1S/C15H17Cl2NS/c1-3-18-15(13-6-7-19-10(13)2)8-11-4-5-12(16)9-14(11)17/h4-7,9,15,18H,3,8H2,1-2H3. The van der Waals surface area contributed by atoms with Gasteiger partial charge in [0.1, 0.15) is 0 Å². The molecular formula is C15H17Cl2NS. The largest absolute Gasteiger partial charge is 0.310 e. The van der Waals surface area contributed by atoms with E-state index in [9.17, 15) is 0 Å². The lowest BCUT2D eigenvalue weighted by Gasteiger charge is -2.19. The minimum absolute atomic E-state index is 0.301. The average Bonchev–Trinajstić information content (AvgIpc) is 2.78. The van der Waals surface area contributed by atoms with Crippen LogP contribution in [0.1, 0.15) is 29.0 Å². The molecule has 1 aromatic carbocycles. The van der Waals surface area contributed by atoms with Crippen LogP contribution in [0.25, 0.3) is 0 Å². The second kappa shape index (κ2) is 6.76. The van der Waals surface area contributed by atoms with Gasteiger partial charge in [-0.15, -0.1) is 11.3 Å². The van der Waals surface area contributed by atoms with E-state index in [1.54, 1.807) is 11.3 Å². The van der Waals surface area contributed by atoms with Crippen LogP contribution in [0.3, 0.4) is 0 Å². The molecule has 0 saturated carbocycles. The van der Waals surface area contributed by atoms with Crippen molar-refractivity contribution in [2.24, 2.45) is 0 Å². The summed E-state index contributed by atoms with van der Waals surface area (Å²) in [6.45, 7) is 5.22. The molecule has 0 radical (unpaired) electrons. The molecule has 1 N–H and O–H groups in total. The van der Waals surface area contributed by atoms with Crippen molar-refractivity contribution < 1.29 is 0 Å². The summed E-state index contributed by atoms with van der Waals surface area (Å²) < 4.78 is 0. The number of benzene rings is 1. The number of likely N-dealkylation sites (N-methyl/N-ethyl adjacent to an activating group) is 1. The van der Waals surface area contributed by atoms with Crippen LogP contribution in [0.4, 0.5) is 0 Å². The van der Waals surface area contributed by atoms with Crippen LogP contribution < -0.4 is 5.32 Å². The Morgan fingerprint density at radius 1 is 1.26 bits per heavy atom. The van der Waals surface area contributed by atoms with Crippen molar-refractivity contribution in [3.05, 3.63) is 55.7 Å². The lowest BCUT2D eigenvalue weighted by Crippen LogP contribution is -2.23. The van der Waals surface area contributed by atoms with Gasteiger partial charge in [0.2, 0.25) is 0 Å². The molecule has 0 aliphatic heterocycles. The van der Waals surface area contributed by atoms with E-state index < -0.39 is 0 Å². The van der Waals surface area contributed by atoms with Crippen LogP contribution in [0, 0.1) is 6.92 Å². The lowest BCUT2D eigenvalue weighted by atomic mass is 9.99. The maximum atomic E-state index is 6.27. The summed E-state index contributed by atoms with van der Waals surface area (Å²) >= 11 is 14.0. The zero-order valence-electron chi connectivity index (χ0n) is 11.0. The van der Waals surface area contributed by atoms with Crippen LogP contribution in [0.5, 0.6) is 0 Å². The molecule has 2 rings (SSSR count). The summed E-state index contributed by atoms with van der Waals surface area (Å²) in [5.41, 5.74) is 2.49. The Labute approximate surface area is 128 Å². The predicted octanol–water partition coefficient (Wildman–Crippen LogP) is 5.26. The monoisotopic (exact) mass is 313 g/mol. The van der Waals surface area contributed by atoms with Crippen molar-refractivity contribution in [1.29, 1.82) is 0 Å². The van der Waals surface area contributed by atoms with E-state index in [0.717, 1.165) is 23.6 Å². The van der Waals surface area contributed by atoms with Gasteiger partial charge in [0.15, 0.2) is 0 Å². The predicted molar refractivity (Wildman–Crippen MR) is 85.6 cm³/mol. The van der Waals surface area contributed by atoms with Crippen LogP contribution in [-0.4, -0.2) is 6.54 Å². The highest BCUT2D eigenvalue weighted by Crippen LogP contribution is 2.29. The summed E-state index contributed by atoms with van der Waals surface area (Å²) in [7, 11) is 0. The highest BCUT2D eigenvalue weighted by atomic mass is 35.5. The summed E-state index contributed by atoms with van der Waals surface area (Å²) in [6.07, 6.45) is 0.876. The first-order valence-electron chi connectivity index (χ1n) is 6.33. The molecule has 0 aliphatic carbocycles. The molecule has 1 nitrogen and oxygen atoms in total. The van der Waals surface area contributed by atoms with E-state index in [-0.39, 0.29) is 0 Å². The molecule has 2 aromatic rings. The molecule has 19 heavy (non-hydrogen) atoms. The highest BCUT2D eigenvalue weighted by molar-refractivity contribution is 7.10. The van der Waals surface area contributed by atoms with E-state index in [1.165, 1.54) is 10.4 Å². The van der Waals surface area contributed by atoms with Gasteiger partial charge in [-0.25, -0.2) is 0 Å². The van der Waals surface area contributed by atoms with Crippen molar-refractivity contribution in [2.45, 2.75) is 26.3 Å². The van der Waals surface area contributed by atoms with Crippen LogP contribution in [0.15, 0.2) is 29.6 Å². The number of halogens is 2. The average molecular weight is 314 g/mol. The quantitative estimate of drug-likeness (QED) is 0.794. The fourth-order valence-corrected chi connectivity index (χ4v) is 3.45. The van der Waals surface area contributed by atoms with Crippen LogP contribution in [0.2, 0.25) is 10.0 Å². The number of hydrogen-bond acceptors (Lipinski definition) is 2. The van der Waals surface area contributed by atoms with Crippen molar-refractivity contribution in [3.8, 4) is 0 Å². The second-order valence-corrected chi connectivity index (χ2v) is 6.45. The third kappa shape index (κ3) is 3.73. The van der Waals surface area contributed by atoms with Gasteiger partial charge in [-0.2, -0.15) is 0 Å². The summed E-state index contributed by atoms with van der Waals surface area (Å²) in [5.74, 6) is 0. The minimum Gasteiger partial charge on any atom is -0.310 e. The van der Waals surface area contributed by atoms with Crippen molar-refractivity contribution in [2.75, 3.05) is 6.54 Å². The van der Waals surface area contributed by atoms with Gasteiger partial charge in [0.05, 0.1) is 0 Å². The normalized spacial score (nSPS) is 12.6. The molecule has 4 heteroatoms. The Morgan fingerprint density at radius 2 is 2.05 bits per heavy atom. The maximum absolute atomic E-state index is 6.27. The Hall–Kier alpha value is -0.540. The first-order valence-corrected chi connectivity index (χ1v) is 7.96. The Kier molecular flexibility index (Phi) is 5.28. The van der Waals surface area contributed by atoms with Gasteiger partial charge in [-0.05, 0) is 54.6 Å². The molecule has 0 aliphatic rings. The topological polar surface area (TPSA) is 12.0 Å². The number of hydrogen-bond donors (Lipinski definition) is 1. The number of rotatable bonds is 5. The molecule has 0 bridgehead atoms. The number of thiophene rings is 1. The Balaban J connectivity index is 2.24. The van der Waals surface area contributed by atoms with Gasteiger partial charge < -0.3 is 5.32 Å². The van der Waals surface area contributed by atoms with Crippen molar-refractivity contribution in [1.82, 2.24) is 5.32 Å². The molecule has 0 amide bonds. The molecule has 0 fully saturated rings. The van der Waals surface area contributed by atoms with E-state index in [2.05, 4.69) is 30.6 Å². The first kappa shape index (κ1) is 14.9. The molecule has 1 aromatic heterocycles. The lowest BCUT2D eigenvalue weighted by molar-refractivity contribution is 0.549. The molecule has 102 valence electrons. The smallest absolute Gasteiger partial charge is 0.0453 e. The summed E-state index contributed by atoms with van der Waals surface area (Å²) in [6, 6.07) is 8.21. The summed E-state index contributed by atoms with van der Waals surface area (Å²) in [5, 5.41) is 7.09. The van der Waals surface area contributed by atoms with Gasteiger partial charge in [-0.3, -0.25) is 0 Å². The third-order valence-corrected chi connectivity index (χ3v) is 4.61.